The molecule has 28 heavy (non-hydrogen) atoms. The van der Waals surface area contributed by atoms with Crippen molar-refractivity contribution in [2.45, 2.75) is 13.3 Å². The van der Waals surface area contributed by atoms with Gasteiger partial charge in [0.25, 0.3) is 5.91 Å². The van der Waals surface area contributed by atoms with Crippen LogP contribution in [0.2, 0.25) is 0 Å². The van der Waals surface area contributed by atoms with Gasteiger partial charge in [-0.25, -0.2) is 0 Å². The summed E-state index contributed by atoms with van der Waals surface area (Å²) in [6, 6.07) is 18.4. The molecule has 0 spiro atoms. The maximum absolute atomic E-state index is 13.0. The summed E-state index contributed by atoms with van der Waals surface area (Å²) in [4.78, 5) is 17.1. The average molecular weight is 376 g/mol. The van der Waals surface area contributed by atoms with Crippen LogP contribution in [-0.2, 0) is 6.42 Å². The van der Waals surface area contributed by atoms with Gasteiger partial charge in [-0.1, -0.05) is 37.3 Å². The highest BCUT2D eigenvalue weighted by Crippen LogP contribution is 2.21. The van der Waals surface area contributed by atoms with E-state index in [9.17, 15) is 4.79 Å². The van der Waals surface area contributed by atoms with E-state index in [1.807, 2.05) is 35.2 Å². The number of amides is 1. The summed E-state index contributed by atoms with van der Waals surface area (Å²) < 4.78 is 0. The van der Waals surface area contributed by atoms with Gasteiger partial charge in [0.1, 0.15) is 0 Å². The second-order valence-electron chi connectivity index (χ2n) is 6.81. The van der Waals surface area contributed by atoms with Gasteiger partial charge in [0.2, 0.25) is 0 Å². The third-order valence-corrected chi connectivity index (χ3v) is 5.06. The Morgan fingerprint density at radius 1 is 1.00 bits per heavy atom. The molecule has 1 aliphatic heterocycles. The van der Waals surface area contributed by atoms with Crippen molar-refractivity contribution in [1.82, 2.24) is 20.3 Å². The van der Waals surface area contributed by atoms with E-state index >= 15 is 0 Å². The molecule has 144 valence electrons. The van der Waals surface area contributed by atoms with Gasteiger partial charge in [-0.3, -0.25) is 4.79 Å². The smallest absolute Gasteiger partial charge is 0.278 e. The van der Waals surface area contributed by atoms with E-state index in [2.05, 4.69) is 56.8 Å². The van der Waals surface area contributed by atoms with Crippen molar-refractivity contribution < 1.29 is 4.79 Å². The van der Waals surface area contributed by atoms with Crippen LogP contribution in [0.15, 0.2) is 54.6 Å². The lowest BCUT2D eigenvalue weighted by Gasteiger charge is -2.35. The molecule has 1 aliphatic rings. The first-order valence-electron chi connectivity index (χ1n) is 9.60. The minimum atomic E-state index is -0.103. The Morgan fingerprint density at radius 2 is 1.71 bits per heavy atom. The van der Waals surface area contributed by atoms with Crippen molar-refractivity contribution >= 4 is 23.1 Å². The molecule has 4 rings (SSSR count). The number of aromatic nitrogens is 3. The van der Waals surface area contributed by atoms with E-state index < -0.39 is 0 Å². The van der Waals surface area contributed by atoms with Crippen molar-refractivity contribution in [1.29, 1.82) is 0 Å². The molecule has 2 N–H and O–H groups in total. The van der Waals surface area contributed by atoms with E-state index in [0.717, 1.165) is 25.2 Å². The van der Waals surface area contributed by atoms with Crippen molar-refractivity contribution in [2.24, 2.45) is 0 Å². The number of para-hydroxylation sites is 1. The van der Waals surface area contributed by atoms with Crippen LogP contribution in [0.1, 0.15) is 23.0 Å². The Labute approximate surface area is 164 Å². The van der Waals surface area contributed by atoms with Gasteiger partial charge in [-0.2, -0.15) is 5.21 Å². The topological polar surface area (TPSA) is 77.1 Å². The number of rotatable bonds is 5. The number of H-pyrrole nitrogens is 1. The zero-order valence-corrected chi connectivity index (χ0v) is 15.9. The molecular weight excluding hydrogens is 352 g/mol. The Balaban J connectivity index is 1.41. The van der Waals surface area contributed by atoms with Crippen molar-refractivity contribution in [2.75, 3.05) is 36.4 Å². The minimum absolute atomic E-state index is 0.103. The fourth-order valence-corrected chi connectivity index (χ4v) is 3.38. The van der Waals surface area contributed by atoms with Gasteiger partial charge in [0.15, 0.2) is 11.5 Å². The molecule has 0 unspecified atom stereocenters. The summed E-state index contributed by atoms with van der Waals surface area (Å²) in [5, 5.41) is 14.0. The first kappa shape index (κ1) is 18.0. The number of carbonyl (C=O) groups excluding carboxylic acids is 1. The summed E-state index contributed by atoms with van der Waals surface area (Å²) in [6.07, 6.45) is 0.989. The maximum Gasteiger partial charge on any atom is 0.278 e. The fourth-order valence-electron chi connectivity index (χ4n) is 3.38. The lowest BCUT2D eigenvalue weighted by Crippen LogP contribution is -2.49. The van der Waals surface area contributed by atoms with Crippen LogP contribution >= 0.6 is 0 Å². The van der Waals surface area contributed by atoms with Gasteiger partial charge >= 0.3 is 0 Å². The van der Waals surface area contributed by atoms with Crippen LogP contribution in [0.25, 0.3) is 0 Å². The lowest BCUT2D eigenvalue weighted by molar-refractivity contribution is 0.0742. The van der Waals surface area contributed by atoms with Gasteiger partial charge in [-0.15, -0.1) is 10.2 Å². The highest BCUT2D eigenvalue weighted by atomic mass is 16.2. The standard InChI is InChI=1S/C21H24N6O/c1-2-16-8-10-17(11-9-16)22-20-19(23-25-24-20)21(28)27-14-12-26(13-15-27)18-6-4-3-5-7-18/h3-11H,2,12-15H2,1H3,(H2,22,23,24,25). The number of hydrogen-bond donors (Lipinski definition) is 2. The molecule has 0 radical (unpaired) electrons. The second-order valence-corrected chi connectivity index (χ2v) is 6.81. The molecule has 7 nitrogen and oxygen atoms in total. The molecule has 1 amide bonds. The number of piperazine rings is 1. The van der Waals surface area contributed by atoms with Gasteiger partial charge < -0.3 is 15.1 Å². The molecule has 2 heterocycles. The minimum Gasteiger partial charge on any atom is -0.368 e. The second kappa shape index (κ2) is 8.12. The van der Waals surface area contributed by atoms with Crippen LogP contribution in [0, 0.1) is 0 Å². The Hall–Kier alpha value is -3.35. The van der Waals surface area contributed by atoms with Gasteiger partial charge in [0, 0.05) is 37.6 Å². The summed E-state index contributed by atoms with van der Waals surface area (Å²) in [5.74, 6) is 0.355. The Morgan fingerprint density at radius 3 is 2.39 bits per heavy atom. The third kappa shape index (κ3) is 3.83. The molecule has 1 fully saturated rings. The number of carbonyl (C=O) groups is 1. The van der Waals surface area contributed by atoms with E-state index in [0.29, 0.717) is 24.6 Å². The number of benzene rings is 2. The number of nitrogens with zero attached hydrogens (tertiary/aromatic N) is 4. The number of nitrogens with one attached hydrogen (secondary N) is 2. The molecule has 3 aromatic rings. The molecule has 1 saturated heterocycles. The number of anilines is 3. The quantitative estimate of drug-likeness (QED) is 0.716. The predicted molar refractivity (Wildman–Crippen MR) is 110 cm³/mol. The molecule has 0 aliphatic carbocycles. The first-order chi connectivity index (χ1) is 13.7. The molecule has 2 aromatic carbocycles. The zero-order valence-electron chi connectivity index (χ0n) is 15.9. The predicted octanol–water partition coefficient (Wildman–Crippen LogP) is 3.07. The van der Waals surface area contributed by atoms with Crippen LogP contribution in [0.3, 0.4) is 0 Å². The molecular formula is C21H24N6O. The van der Waals surface area contributed by atoms with E-state index in [1.54, 1.807) is 0 Å². The third-order valence-electron chi connectivity index (χ3n) is 5.06. The van der Waals surface area contributed by atoms with E-state index in [1.165, 1.54) is 11.3 Å². The summed E-state index contributed by atoms with van der Waals surface area (Å²) >= 11 is 0. The molecule has 0 atom stereocenters. The van der Waals surface area contributed by atoms with E-state index in [4.69, 9.17) is 0 Å². The lowest BCUT2D eigenvalue weighted by atomic mass is 10.1. The molecule has 7 heteroatoms. The average Bonchev–Trinajstić information content (AvgIpc) is 3.22. The zero-order chi connectivity index (χ0) is 19.3. The van der Waals surface area contributed by atoms with Gasteiger partial charge in [-0.05, 0) is 36.2 Å². The summed E-state index contributed by atoms with van der Waals surface area (Å²) in [6.45, 7) is 5.04. The van der Waals surface area contributed by atoms with Crippen LogP contribution < -0.4 is 10.2 Å². The Bertz CT molecular complexity index is 914. The fraction of sp³-hybridized carbons (Fsp3) is 0.286. The summed E-state index contributed by atoms with van der Waals surface area (Å²) in [5.41, 5.74) is 3.66. The van der Waals surface area contributed by atoms with Crippen LogP contribution in [0.4, 0.5) is 17.2 Å². The highest BCUT2D eigenvalue weighted by Gasteiger charge is 2.26. The molecule has 0 bridgehead atoms. The molecule has 1 aromatic heterocycles. The van der Waals surface area contributed by atoms with Crippen LogP contribution in [-0.4, -0.2) is 52.4 Å². The number of hydrogen-bond acceptors (Lipinski definition) is 5. The van der Waals surface area contributed by atoms with Crippen molar-refractivity contribution in [3.05, 3.63) is 65.9 Å². The van der Waals surface area contributed by atoms with E-state index in [-0.39, 0.29) is 5.91 Å². The SMILES string of the molecule is CCc1ccc(Nc2n[nH]nc2C(=O)N2CCN(c3ccccc3)CC2)cc1. The number of aromatic amines is 1. The highest BCUT2D eigenvalue weighted by molar-refractivity contribution is 5.97. The van der Waals surface area contributed by atoms with Gasteiger partial charge in [0.05, 0.1) is 0 Å². The largest absolute Gasteiger partial charge is 0.368 e. The summed E-state index contributed by atoms with van der Waals surface area (Å²) in [7, 11) is 0. The normalized spacial score (nSPS) is 14.2. The monoisotopic (exact) mass is 376 g/mol. The Kier molecular flexibility index (Phi) is 5.23. The number of aryl methyl sites for hydroxylation is 1. The first-order valence-corrected chi connectivity index (χ1v) is 9.60. The van der Waals surface area contributed by atoms with Crippen LogP contribution in [0.5, 0.6) is 0 Å². The maximum atomic E-state index is 13.0. The van der Waals surface area contributed by atoms with Crippen molar-refractivity contribution in [3.8, 4) is 0 Å². The molecule has 0 saturated carbocycles. The van der Waals surface area contributed by atoms with Crippen molar-refractivity contribution in [3.63, 3.8) is 0 Å².